The van der Waals surface area contributed by atoms with Crippen molar-refractivity contribution in [1.82, 2.24) is 0 Å². The summed E-state index contributed by atoms with van der Waals surface area (Å²) in [5, 5.41) is 0. The second-order valence-corrected chi connectivity index (χ2v) is 5.16. The zero-order valence-corrected chi connectivity index (χ0v) is 12.6. The van der Waals surface area contributed by atoms with Crippen molar-refractivity contribution in [2.75, 3.05) is 7.11 Å². The van der Waals surface area contributed by atoms with Crippen molar-refractivity contribution in [2.24, 2.45) is 0 Å². The lowest BCUT2D eigenvalue weighted by Gasteiger charge is -2.17. The molecule has 21 heavy (non-hydrogen) atoms. The van der Waals surface area contributed by atoms with E-state index in [0.717, 1.165) is 5.56 Å². The molecule has 2 rings (SSSR count). The number of ether oxygens (including phenoxy) is 2. The molecule has 0 amide bonds. The molecular formula is C17H19BO3. The number of rotatable bonds is 5. The molecule has 0 heterocycles. The van der Waals surface area contributed by atoms with E-state index in [2.05, 4.69) is 13.6 Å². The summed E-state index contributed by atoms with van der Waals surface area (Å²) < 4.78 is 10.7. The Kier molecular flexibility index (Phi) is 5.04. The van der Waals surface area contributed by atoms with Gasteiger partial charge in [0, 0.05) is 5.56 Å². The largest absolute Gasteiger partial charge is 0.474 e. The second kappa shape index (κ2) is 6.98. The Hall–Kier alpha value is -2.23. The van der Waals surface area contributed by atoms with E-state index in [1.807, 2.05) is 54.6 Å². The summed E-state index contributed by atoms with van der Waals surface area (Å²) in [6, 6.07) is 17.1. The highest BCUT2D eigenvalue weighted by Gasteiger charge is 2.23. The molecule has 0 aliphatic rings. The van der Waals surface area contributed by atoms with Gasteiger partial charge < -0.3 is 9.47 Å². The van der Waals surface area contributed by atoms with Crippen molar-refractivity contribution in [3.8, 4) is 5.75 Å². The number of carbonyl (C=O) groups is 1. The van der Waals surface area contributed by atoms with E-state index in [1.54, 1.807) is 0 Å². The van der Waals surface area contributed by atoms with Crippen LogP contribution in [0, 0.1) is 0 Å². The highest BCUT2D eigenvalue weighted by molar-refractivity contribution is 6.70. The average Bonchev–Trinajstić information content (AvgIpc) is 2.53. The van der Waals surface area contributed by atoms with Gasteiger partial charge in [-0.1, -0.05) is 61.6 Å². The molecule has 0 spiro atoms. The van der Waals surface area contributed by atoms with Gasteiger partial charge in [0.2, 0.25) is 6.10 Å². The van der Waals surface area contributed by atoms with Crippen LogP contribution in [0.2, 0.25) is 13.6 Å². The molecule has 4 heteroatoms. The van der Waals surface area contributed by atoms with E-state index in [1.165, 1.54) is 12.6 Å². The van der Waals surface area contributed by atoms with Crippen LogP contribution in [0.15, 0.2) is 54.6 Å². The normalized spacial score (nSPS) is 11.6. The van der Waals surface area contributed by atoms with Crippen LogP contribution in [-0.2, 0) is 9.53 Å². The van der Waals surface area contributed by atoms with Crippen molar-refractivity contribution in [2.45, 2.75) is 19.8 Å². The van der Waals surface area contributed by atoms with Gasteiger partial charge in [-0.2, -0.15) is 0 Å². The summed E-state index contributed by atoms with van der Waals surface area (Å²) in [4.78, 5) is 11.9. The standard InChI is InChI=1S/C17H19BO3/c1-18(2)14-9-11-15(12-10-14)21-16(17(19)20-3)13-7-5-4-6-8-13/h4-12,16H,1-3H3. The van der Waals surface area contributed by atoms with E-state index in [-0.39, 0.29) is 0 Å². The van der Waals surface area contributed by atoms with Crippen LogP contribution in [0.4, 0.5) is 0 Å². The zero-order valence-electron chi connectivity index (χ0n) is 12.6. The highest BCUT2D eigenvalue weighted by atomic mass is 16.6. The summed E-state index contributed by atoms with van der Waals surface area (Å²) in [7, 11) is 1.36. The Bertz CT molecular complexity index is 579. The monoisotopic (exact) mass is 282 g/mol. The van der Waals surface area contributed by atoms with Gasteiger partial charge in [0.25, 0.3) is 0 Å². The Morgan fingerprint density at radius 3 is 2.14 bits per heavy atom. The van der Waals surface area contributed by atoms with Gasteiger partial charge >= 0.3 is 5.97 Å². The molecule has 0 aliphatic heterocycles. The number of carbonyl (C=O) groups excluding carboxylic acids is 1. The third kappa shape index (κ3) is 3.88. The molecule has 2 aromatic rings. The van der Waals surface area contributed by atoms with Crippen LogP contribution in [0.3, 0.4) is 0 Å². The van der Waals surface area contributed by atoms with Gasteiger partial charge in [0.05, 0.1) is 7.11 Å². The maximum atomic E-state index is 11.9. The van der Waals surface area contributed by atoms with E-state index in [9.17, 15) is 4.79 Å². The van der Waals surface area contributed by atoms with Crippen LogP contribution in [-0.4, -0.2) is 19.8 Å². The fraction of sp³-hybridized carbons (Fsp3) is 0.235. The van der Waals surface area contributed by atoms with Crippen LogP contribution < -0.4 is 10.2 Å². The molecule has 0 fully saturated rings. The van der Waals surface area contributed by atoms with Crippen LogP contribution in [0.5, 0.6) is 5.75 Å². The van der Waals surface area contributed by atoms with Crippen molar-refractivity contribution in [1.29, 1.82) is 0 Å². The minimum Gasteiger partial charge on any atom is -0.474 e. The number of hydrogen-bond donors (Lipinski definition) is 0. The van der Waals surface area contributed by atoms with Crippen molar-refractivity contribution >= 4 is 18.1 Å². The first-order valence-corrected chi connectivity index (χ1v) is 7.01. The lowest BCUT2D eigenvalue weighted by Crippen LogP contribution is -2.23. The topological polar surface area (TPSA) is 35.5 Å². The number of esters is 1. The smallest absolute Gasteiger partial charge is 0.351 e. The Balaban J connectivity index is 2.21. The Morgan fingerprint density at radius 1 is 1.00 bits per heavy atom. The fourth-order valence-electron chi connectivity index (χ4n) is 2.05. The summed E-state index contributed by atoms with van der Waals surface area (Å²) in [6.07, 6.45) is -0.749. The van der Waals surface area contributed by atoms with E-state index in [4.69, 9.17) is 9.47 Å². The van der Waals surface area contributed by atoms with Gasteiger partial charge in [-0.15, -0.1) is 0 Å². The Morgan fingerprint density at radius 2 is 1.62 bits per heavy atom. The Labute approximate surface area is 126 Å². The minimum absolute atomic E-state index is 0.408. The number of benzene rings is 2. The first kappa shape index (κ1) is 15.2. The fourth-order valence-corrected chi connectivity index (χ4v) is 2.05. The third-order valence-electron chi connectivity index (χ3n) is 3.32. The van der Waals surface area contributed by atoms with Gasteiger partial charge in [0.1, 0.15) is 5.75 Å². The predicted molar refractivity (Wildman–Crippen MR) is 85.4 cm³/mol. The third-order valence-corrected chi connectivity index (χ3v) is 3.32. The molecule has 0 aliphatic carbocycles. The van der Waals surface area contributed by atoms with Crippen molar-refractivity contribution < 1.29 is 14.3 Å². The minimum atomic E-state index is -0.749. The average molecular weight is 282 g/mol. The molecule has 0 bridgehead atoms. The first-order chi connectivity index (χ1) is 10.1. The van der Waals surface area contributed by atoms with E-state index < -0.39 is 12.1 Å². The molecule has 0 saturated carbocycles. The predicted octanol–water partition coefficient (Wildman–Crippen LogP) is 2.94. The van der Waals surface area contributed by atoms with Crippen molar-refractivity contribution in [3.05, 3.63) is 60.2 Å². The van der Waals surface area contributed by atoms with E-state index >= 15 is 0 Å². The molecular weight excluding hydrogens is 263 g/mol. The molecule has 2 aromatic carbocycles. The first-order valence-electron chi connectivity index (χ1n) is 7.01. The molecule has 1 unspecified atom stereocenters. The molecule has 0 aromatic heterocycles. The quantitative estimate of drug-likeness (QED) is 0.624. The van der Waals surface area contributed by atoms with Gasteiger partial charge in [0.15, 0.2) is 6.71 Å². The molecule has 0 radical (unpaired) electrons. The van der Waals surface area contributed by atoms with E-state index in [0.29, 0.717) is 12.5 Å². The van der Waals surface area contributed by atoms with Gasteiger partial charge in [-0.05, 0) is 12.1 Å². The van der Waals surface area contributed by atoms with Gasteiger partial charge in [-0.3, -0.25) is 0 Å². The van der Waals surface area contributed by atoms with Crippen LogP contribution >= 0.6 is 0 Å². The lowest BCUT2D eigenvalue weighted by atomic mass is 9.49. The van der Waals surface area contributed by atoms with Crippen LogP contribution in [0.25, 0.3) is 0 Å². The maximum Gasteiger partial charge on any atom is 0.351 e. The summed E-state index contributed by atoms with van der Waals surface area (Å²) >= 11 is 0. The van der Waals surface area contributed by atoms with Gasteiger partial charge in [-0.25, -0.2) is 4.79 Å². The zero-order chi connectivity index (χ0) is 15.2. The van der Waals surface area contributed by atoms with Crippen LogP contribution in [0.1, 0.15) is 11.7 Å². The number of methoxy groups -OCH3 is 1. The molecule has 3 nitrogen and oxygen atoms in total. The molecule has 0 N–H and O–H groups in total. The van der Waals surface area contributed by atoms with Crippen molar-refractivity contribution in [3.63, 3.8) is 0 Å². The summed E-state index contributed by atoms with van der Waals surface area (Å²) in [6.45, 7) is 4.73. The summed E-state index contributed by atoms with van der Waals surface area (Å²) in [5.41, 5.74) is 2.01. The molecule has 108 valence electrons. The highest BCUT2D eigenvalue weighted by Crippen LogP contribution is 2.22. The second-order valence-electron chi connectivity index (χ2n) is 5.16. The molecule has 1 atom stereocenters. The lowest BCUT2D eigenvalue weighted by molar-refractivity contribution is -0.149. The summed E-state index contributed by atoms with van der Waals surface area (Å²) in [5.74, 6) is 0.243. The maximum absolute atomic E-state index is 11.9. The number of hydrogen-bond acceptors (Lipinski definition) is 3. The molecule has 0 saturated heterocycles. The SMILES string of the molecule is COC(=O)C(Oc1ccc(B(C)C)cc1)c1ccccc1.